The molecule has 1 aromatic heterocycles. The van der Waals surface area contributed by atoms with Gasteiger partial charge in [0.2, 0.25) is 0 Å². The van der Waals surface area contributed by atoms with Crippen molar-refractivity contribution < 1.29 is 9.84 Å². The van der Waals surface area contributed by atoms with Crippen molar-refractivity contribution in [1.29, 1.82) is 0 Å². The lowest BCUT2D eigenvalue weighted by Crippen LogP contribution is -2.43. The van der Waals surface area contributed by atoms with Gasteiger partial charge in [-0.15, -0.1) is 11.3 Å². The van der Waals surface area contributed by atoms with Crippen molar-refractivity contribution in [2.75, 3.05) is 45.9 Å². The van der Waals surface area contributed by atoms with Gasteiger partial charge in [-0.05, 0) is 31.2 Å². The number of nitrogens with one attached hydrogen (secondary N) is 2. The number of thiophene rings is 1. The van der Waals surface area contributed by atoms with E-state index in [4.69, 9.17) is 9.73 Å². The molecule has 0 spiro atoms. The van der Waals surface area contributed by atoms with Gasteiger partial charge in [0.25, 0.3) is 0 Å². The van der Waals surface area contributed by atoms with E-state index in [-0.39, 0.29) is 6.10 Å². The molecule has 2 fully saturated rings. The zero-order valence-electron chi connectivity index (χ0n) is 15.7. The second-order valence-corrected chi connectivity index (χ2v) is 8.02. The molecule has 0 bridgehead atoms. The van der Waals surface area contributed by atoms with Crippen molar-refractivity contribution in [2.24, 2.45) is 10.9 Å². The molecule has 3 rings (SSSR count). The van der Waals surface area contributed by atoms with Crippen molar-refractivity contribution in [3.63, 3.8) is 0 Å². The predicted octanol–water partition coefficient (Wildman–Crippen LogP) is 1.84. The Hall–Kier alpha value is -1.15. The lowest BCUT2D eigenvalue weighted by Gasteiger charge is -2.33. The van der Waals surface area contributed by atoms with Crippen LogP contribution in [0, 0.1) is 5.92 Å². The van der Waals surface area contributed by atoms with Gasteiger partial charge in [0.15, 0.2) is 5.96 Å². The fraction of sp³-hybridized carbons (Fsp3) is 0.737. The first-order valence-corrected chi connectivity index (χ1v) is 10.7. The number of aliphatic imine (C=N–C) groups is 1. The van der Waals surface area contributed by atoms with Crippen molar-refractivity contribution in [2.45, 2.75) is 38.3 Å². The molecule has 3 N–H and O–H groups in total. The zero-order valence-corrected chi connectivity index (χ0v) is 16.5. The van der Waals surface area contributed by atoms with Crippen molar-refractivity contribution in [3.05, 3.63) is 22.4 Å². The zero-order chi connectivity index (χ0) is 18.2. The van der Waals surface area contributed by atoms with Crippen LogP contribution < -0.4 is 10.6 Å². The second kappa shape index (κ2) is 10.3. The number of nitrogens with zero attached hydrogens (tertiary/aromatic N) is 2. The summed E-state index contributed by atoms with van der Waals surface area (Å²) >= 11 is 1.80. The molecule has 7 heteroatoms. The molecule has 0 amide bonds. The van der Waals surface area contributed by atoms with Crippen LogP contribution in [0.15, 0.2) is 22.5 Å². The van der Waals surface area contributed by atoms with Gasteiger partial charge in [-0.3, -0.25) is 9.89 Å². The van der Waals surface area contributed by atoms with Gasteiger partial charge in [0.05, 0.1) is 31.9 Å². The number of aliphatic hydroxyl groups excluding tert-OH is 1. The molecular formula is C19H32N4O2S. The monoisotopic (exact) mass is 380 g/mol. The van der Waals surface area contributed by atoms with Gasteiger partial charge in [-0.1, -0.05) is 12.5 Å². The third-order valence-electron chi connectivity index (χ3n) is 5.28. The lowest BCUT2D eigenvalue weighted by molar-refractivity contribution is 0.0186. The summed E-state index contributed by atoms with van der Waals surface area (Å²) in [7, 11) is 0. The van der Waals surface area contributed by atoms with Crippen LogP contribution in [0.4, 0.5) is 0 Å². The highest BCUT2D eigenvalue weighted by atomic mass is 32.1. The first-order valence-electron chi connectivity index (χ1n) is 9.83. The number of guanidine groups is 1. The molecule has 3 atom stereocenters. The first-order chi connectivity index (χ1) is 12.8. The highest BCUT2D eigenvalue weighted by Crippen LogP contribution is 2.26. The quantitative estimate of drug-likeness (QED) is 0.497. The van der Waals surface area contributed by atoms with Crippen LogP contribution in [0.25, 0.3) is 0 Å². The molecule has 146 valence electrons. The largest absolute Gasteiger partial charge is 0.393 e. The topological polar surface area (TPSA) is 69.1 Å². The van der Waals surface area contributed by atoms with E-state index in [1.54, 1.807) is 11.3 Å². The van der Waals surface area contributed by atoms with E-state index in [0.29, 0.717) is 12.0 Å². The third kappa shape index (κ3) is 5.42. The van der Waals surface area contributed by atoms with E-state index in [9.17, 15) is 5.11 Å². The van der Waals surface area contributed by atoms with Gasteiger partial charge in [0, 0.05) is 37.0 Å². The smallest absolute Gasteiger partial charge is 0.191 e. The number of ether oxygens (including phenoxy) is 1. The minimum atomic E-state index is -0.169. The number of hydrogen-bond acceptors (Lipinski definition) is 5. The molecule has 2 aliphatic rings. The molecular weight excluding hydrogens is 348 g/mol. The second-order valence-electron chi connectivity index (χ2n) is 7.04. The first kappa shape index (κ1) is 19.6. The maximum Gasteiger partial charge on any atom is 0.191 e. The van der Waals surface area contributed by atoms with E-state index in [1.807, 2.05) is 0 Å². The molecule has 1 aliphatic carbocycles. The standard InChI is InChI=1S/C19H32N4O2S/c1-2-20-19(21-13-15-5-3-6-17(15)24)22-14-16(18-7-4-12-26-18)23-8-10-25-11-9-23/h4,7,12,15-17,24H,2-3,5-6,8-11,13-14H2,1H3,(H2,20,21,22). The summed E-state index contributed by atoms with van der Waals surface area (Å²) in [6.45, 7) is 7.93. The van der Waals surface area contributed by atoms with Crippen LogP contribution in [0.5, 0.6) is 0 Å². The number of hydrogen-bond donors (Lipinski definition) is 3. The number of morpholine rings is 1. The average molecular weight is 381 g/mol. The predicted molar refractivity (Wildman–Crippen MR) is 107 cm³/mol. The van der Waals surface area contributed by atoms with Crippen molar-refractivity contribution in [1.82, 2.24) is 15.5 Å². The van der Waals surface area contributed by atoms with E-state index >= 15 is 0 Å². The number of rotatable bonds is 7. The average Bonchev–Trinajstić information content (AvgIpc) is 3.33. The summed E-state index contributed by atoms with van der Waals surface area (Å²) in [6.07, 6.45) is 2.98. The van der Waals surface area contributed by atoms with Crippen molar-refractivity contribution in [3.8, 4) is 0 Å². The summed E-state index contributed by atoms with van der Waals surface area (Å²) in [6, 6.07) is 4.61. The van der Waals surface area contributed by atoms with Crippen LogP contribution in [0.3, 0.4) is 0 Å². The van der Waals surface area contributed by atoms with Gasteiger partial charge >= 0.3 is 0 Å². The van der Waals surface area contributed by atoms with Gasteiger partial charge in [0.1, 0.15) is 0 Å². The maximum absolute atomic E-state index is 10.0. The Balaban J connectivity index is 1.62. The highest BCUT2D eigenvalue weighted by Gasteiger charge is 2.26. The molecule has 2 heterocycles. The Bertz CT molecular complexity index is 546. The molecule has 0 aromatic carbocycles. The Morgan fingerprint density at radius 1 is 1.38 bits per heavy atom. The molecule has 1 aliphatic heterocycles. The van der Waals surface area contributed by atoms with Crippen LogP contribution in [-0.4, -0.2) is 68.0 Å². The molecule has 26 heavy (non-hydrogen) atoms. The Labute approximate surface area is 160 Å². The van der Waals surface area contributed by atoms with Gasteiger partial charge in [-0.25, -0.2) is 0 Å². The summed E-state index contributed by atoms with van der Waals surface area (Å²) < 4.78 is 5.51. The minimum absolute atomic E-state index is 0.169. The summed E-state index contributed by atoms with van der Waals surface area (Å²) in [5, 5.41) is 18.9. The minimum Gasteiger partial charge on any atom is -0.393 e. The van der Waals surface area contributed by atoms with E-state index in [1.165, 1.54) is 4.88 Å². The van der Waals surface area contributed by atoms with Crippen LogP contribution >= 0.6 is 11.3 Å². The lowest BCUT2D eigenvalue weighted by atomic mass is 10.1. The molecule has 0 radical (unpaired) electrons. The number of aliphatic hydroxyl groups is 1. The van der Waals surface area contributed by atoms with Crippen LogP contribution in [0.2, 0.25) is 0 Å². The molecule has 1 aromatic rings. The maximum atomic E-state index is 10.0. The van der Waals surface area contributed by atoms with Gasteiger partial charge < -0.3 is 20.5 Å². The van der Waals surface area contributed by atoms with E-state index < -0.39 is 0 Å². The Morgan fingerprint density at radius 2 is 2.23 bits per heavy atom. The van der Waals surface area contributed by atoms with Crippen LogP contribution in [-0.2, 0) is 4.74 Å². The van der Waals surface area contributed by atoms with E-state index in [0.717, 1.165) is 71.2 Å². The highest BCUT2D eigenvalue weighted by molar-refractivity contribution is 7.10. The SMILES string of the molecule is CCNC(=NCC(c1cccs1)N1CCOCC1)NCC1CCCC1O. The molecule has 3 unspecified atom stereocenters. The van der Waals surface area contributed by atoms with Crippen molar-refractivity contribution >= 4 is 17.3 Å². The van der Waals surface area contributed by atoms with E-state index in [2.05, 4.69) is 40.0 Å². The third-order valence-corrected chi connectivity index (χ3v) is 6.25. The van der Waals surface area contributed by atoms with Crippen LogP contribution in [0.1, 0.15) is 37.1 Å². The fourth-order valence-electron chi connectivity index (χ4n) is 3.76. The summed E-state index contributed by atoms with van der Waals surface area (Å²) in [5.74, 6) is 1.19. The normalized spacial score (nSPS) is 26.0. The molecule has 1 saturated heterocycles. The summed E-state index contributed by atoms with van der Waals surface area (Å²) in [5.41, 5.74) is 0. The summed E-state index contributed by atoms with van der Waals surface area (Å²) in [4.78, 5) is 8.70. The fourth-order valence-corrected chi connectivity index (χ4v) is 4.61. The Kier molecular flexibility index (Phi) is 7.73. The van der Waals surface area contributed by atoms with Gasteiger partial charge in [-0.2, -0.15) is 0 Å². The molecule has 1 saturated carbocycles. The Morgan fingerprint density at radius 3 is 2.88 bits per heavy atom. The molecule has 6 nitrogen and oxygen atoms in total.